The van der Waals surface area contributed by atoms with Crippen molar-refractivity contribution in [2.45, 2.75) is 33.1 Å². The summed E-state index contributed by atoms with van der Waals surface area (Å²) in [6, 6.07) is 8.49. The second-order valence-corrected chi connectivity index (χ2v) is 4.01. The molecular formula is C14H18O. The summed E-state index contributed by atoms with van der Waals surface area (Å²) in [5.74, 6) is 0. The van der Waals surface area contributed by atoms with Crippen molar-refractivity contribution in [3.8, 4) is 0 Å². The van der Waals surface area contributed by atoms with Gasteiger partial charge in [0.15, 0.2) is 0 Å². The molecule has 0 atom stereocenters. The van der Waals surface area contributed by atoms with E-state index in [9.17, 15) is 4.79 Å². The van der Waals surface area contributed by atoms with E-state index in [-0.39, 0.29) is 0 Å². The Kier molecular flexibility index (Phi) is 4.82. The van der Waals surface area contributed by atoms with Gasteiger partial charge in [-0.15, -0.1) is 0 Å². The SMILES string of the molecule is CC(C)=CCc1ccc(CCC=O)cc1. The minimum Gasteiger partial charge on any atom is -0.303 e. The molecule has 0 saturated heterocycles. The molecule has 1 nitrogen and oxygen atoms in total. The van der Waals surface area contributed by atoms with Crippen LogP contribution in [0.4, 0.5) is 0 Å². The van der Waals surface area contributed by atoms with Crippen LogP contribution in [0.3, 0.4) is 0 Å². The third-order valence-electron chi connectivity index (χ3n) is 2.32. The lowest BCUT2D eigenvalue weighted by Crippen LogP contribution is -1.87. The van der Waals surface area contributed by atoms with Crippen molar-refractivity contribution in [2.75, 3.05) is 0 Å². The molecule has 0 amide bonds. The summed E-state index contributed by atoms with van der Waals surface area (Å²) in [4.78, 5) is 10.2. The molecule has 0 aromatic heterocycles. The van der Waals surface area contributed by atoms with Crippen molar-refractivity contribution in [3.63, 3.8) is 0 Å². The zero-order valence-corrected chi connectivity index (χ0v) is 9.49. The molecule has 0 N–H and O–H groups in total. The number of rotatable bonds is 5. The smallest absolute Gasteiger partial charge is 0.120 e. The predicted octanol–water partition coefficient (Wildman–Crippen LogP) is 3.33. The number of allylic oxidation sites excluding steroid dienone is 2. The molecule has 80 valence electrons. The summed E-state index contributed by atoms with van der Waals surface area (Å²) in [7, 11) is 0. The summed E-state index contributed by atoms with van der Waals surface area (Å²) in [6.45, 7) is 4.22. The summed E-state index contributed by atoms with van der Waals surface area (Å²) in [6.07, 6.45) is 5.66. The number of aldehydes is 1. The monoisotopic (exact) mass is 202 g/mol. The quantitative estimate of drug-likeness (QED) is 0.528. The minimum atomic E-state index is 0.618. The van der Waals surface area contributed by atoms with Crippen molar-refractivity contribution < 1.29 is 4.79 Å². The molecule has 0 bridgehead atoms. The van der Waals surface area contributed by atoms with E-state index >= 15 is 0 Å². The molecule has 0 spiro atoms. The molecule has 15 heavy (non-hydrogen) atoms. The van der Waals surface area contributed by atoms with E-state index in [1.54, 1.807) is 0 Å². The van der Waals surface area contributed by atoms with Gasteiger partial charge < -0.3 is 4.79 Å². The molecule has 1 heteroatoms. The Balaban J connectivity index is 2.56. The van der Waals surface area contributed by atoms with Crippen LogP contribution in [0, 0.1) is 0 Å². The van der Waals surface area contributed by atoms with Gasteiger partial charge in [0.25, 0.3) is 0 Å². The molecule has 0 aliphatic carbocycles. The van der Waals surface area contributed by atoms with Crippen LogP contribution in [0.1, 0.15) is 31.4 Å². The molecule has 0 unspecified atom stereocenters. The van der Waals surface area contributed by atoms with Crippen molar-refractivity contribution in [2.24, 2.45) is 0 Å². The summed E-state index contributed by atoms with van der Waals surface area (Å²) < 4.78 is 0. The molecule has 0 saturated carbocycles. The third kappa shape index (κ3) is 4.59. The van der Waals surface area contributed by atoms with Gasteiger partial charge in [0.05, 0.1) is 0 Å². The number of hydrogen-bond acceptors (Lipinski definition) is 1. The van der Waals surface area contributed by atoms with Crippen LogP contribution in [-0.4, -0.2) is 6.29 Å². The van der Waals surface area contributed by atoms with E-state index < -0.39 is 0 Å². The highest BCUT2D eigenvalue weighted by Gasteiger charge is 1.93. The van der Waals surface area contributed by atoms with Gasteiger partial charge in [-0.3, -0.25) is 0 Å². The molecule has 0 radical (unpaired) electrons. The van der Waals surface area contributed by atoms with Gasteiger partial charge >= 0.3 is 0 Å². The van der Waals surface area contributed by atoms with Gasteiger partial charge in [0.1, 0.15) is 6.29 Å². The van der Waals surface area contributed by atoms with Gasteiger partial charge in [-0.1, -0.05) is 35.9 Å². The minimum absolute atomic E-state index is 0.618. The van der Waals surface area contributed by atoms with E-state index in [0.29, 0.717) is 6.42 Å². The van der Waals surface area contributed by atoms with Gasteiger partial charge in [0.2, 0.25) is 0 Å². The third-order valence-corrected chi connectivity index (χ3v) is 2.32. The van der Waals surface area contributed by atoms with Crippen LogP contribution < -0.4 is 0 Å². The summed E-state index contributed by atoms with van der Waals surface area (Å²) >= 11 is 0. The maximum Gasteiger partial charge on any atom is 0.120 e. The zero-order valence-electron chi connectivity index (χ0n) is 9.49. The Morgan fingerprint density at radius 3 is 2.27 bits per heavy atom. The molecule has 0 aliphatic rings. The number of carbonyl (C=O) groups is 1. The first kappa shape index (κ1) is 11.7. The summed E-state index contributed by atoms with van der Waals surface area (Å²) in [5, 5.41) is 0. The highest BCUT2D eigenvalue weighted by molar-refractivity contribution is 5.50. The zero-order chi connectivity index (χ0) is 11.1. The Bertz CT molecular complexity index is 329. The largest absolute Gasteiger partial charge is 0.303 e. The Morgan fingerprint density at radius 1 is 1.13 bits per heavy atom. The molecule has 1 rings (SSSR count). The van der Waals surface area contributed by atoms with Crippen molar-refractivity contribution in [1.82, 2.24) is 0 Å². The van der Waals surface area contributed by atoms with E-state index in [4.69, 9.17) is 0 Å². The first-order valence-corrected chi connectivity index (χ1v) is 5.37. The standard InChI is InChI=1S/C14H18O/c1-12(2)5-6-14-9-7-13(8-10-14)4-3-11-15/h5,7-11H,3-4,6H2,1-2H3. The number of aryl methyl sites for hydroxylation is 1. The van der Waals surface area contributed by atoms with Gasteiger partial charge in [-0.05, 0) is 37.8 Å². The second-order valence-electron chi connectivity index (χ2n) is 4.01. The topological polar surface area (TPSA) is 17.1 Å². The van der Waals surface area contributed by atoms with E-state index in [1.165, 1.54) is 16.7 Å². The van der Waals surface area contributed by atoms with Gasteiger partial charge in [0, 0.05) is 6.42 Å². The number of benzene rings is 1. The fourth-order valence-electron chi connectivity index (χ4n) is 1.39. The second kappa shape index (κ2) is 6.18. The highest BCUT2D eigenvalue weighted by Crippen LogP contribution is 2.08. The fraction of sp³-hybridized carbons (Fsp3) is 0.357. The van der Waals surface area contributed by atoms with Crippen LogP contribution in [0.15, 0.2) is 35.9 Å². The van der Waals surface area contributed by atoms with E-state index in [0.717, 1.165) is 19.1 Å². The van der Waals surface area contributed by atoms with Crippen LogP contribution in [0.25, 0.3) is 0 Å². The fourth-order valence-corrected chi connectivity index (χ4v) is 1.39. The average Bonchev–Trinajstić information content (AvgIpc) is 2.25. The maximum atomic E-state index is 10.2. The Morgan fingerprint density at radius 2 is 1.73 bits per heavy atom. The lowest BCUT2D eigenvalue weighted by molar-refractivity contribution is -0.107. The normalized spacial score (nSPS) is 9.73. The summed E-state index contributed by atoms with van der Waals surface area (Å²) in [5.41, 5.74) is 3.91. The predicted molar refractivity (Wildman–Crippen MR) is 64.0 cm³/mol. The molecule has 0 fully saturated rings. The van der Waals surface area contributed by atoms with Crippen LogP contribution in [-0.2, 0) is 17.6 Å². The average molecular weight is 202 g/mol. The number of hydrogen-bond donors (Lipinski definition) is 0. The van der Waals surface area contributed by atoms with Crippen LogP contribution in [0.5, 0.6) is 0 Å². The van der Waals surface area contributed by atoms with E-state index in [2.05, 4.69) is 44.2 Å². The lowest BCUT2D eigenvalue weighted by Gasteiger charge is -2.00. The number of carbonyl (C=O) groups excluding carboxylic acids is 1. The maximum absolute atomic E-state index is 10.2. The lowest BCUT2D eigenvalue weighted by atomic mass is 10.1. The highest BCUT2D eigenvalue weighted by atomic mass is 16.1. The van der Waals surface area contributed by atoms with Crippen LogP contribution >= 0.6 is 0 Å². The molecule has 0 aliphatic heterocycles. The van der Waals surface area contributed by atoms with Gasteiger partial charge in [-0.25, -0.2) is 0 Å². The molecule has 0 heterocycles. The van der Waals surface area contributed by atoms with Crippen molar-refractivity contribution in [3.05, 3.63) is 47.0 Å². The van der Waals surface area contributed by atoms with Crippen molar-refractivity contribution >= 4 is 6.29 Å². The first-order chi connectivity index (χ1) is 7.22. The van der Waals surface area contributed by atoms with E-state index in [1.807, 2.05) is 0 Å². The first-order valence-electron chi connectivity index (χ1n) is 5.37. The van der Waals surface area contributed by atoms with Crippen LogP contribution in [0.2, 0.25) is 0 Å². The van der Waals surface area contributed by atoms with Crippen molar-refractivity contribution in [1.29, 1.82) is 0 Å². The molecule has 1 aromatic carbocycles. The van der Waals surface area contributed by atoms with Gasteiger partial charge in [-0.2, -0.15) is 0 Å². The Labute approximate surface area is 91.8 Å². The molecule has 1 aromatic rings. The molecular weight excluding hydrogens is 184 g/mol. The Hall–Kier alpha value is -1.37.